The third-order valence-electron chi connectivity index (χ3n) is 0.871. The first-order chi connectivity index (χ1) is 4.97. The largest absolute Gasteiger partial charge is 1.00 e. The lowest BCUT2D eigenvalue weighted by molar-refractivity contribution is -0.870. The Morgan fingerprint density at radius 1 is 0.833 bits per heavy atom. The monoisotopic (exact) mass is 201 g/mol. The Hall–Kier alpha value is 0.130. The number of likely N-dealkylation sites (N-methyl/N-ethyl adjacent to an activating group) is 1. The van der Waals surface area contributed by atoms with Crippen LogP contribution in [0.25, 0.3) is 0 Å². The van der Waals surface area contributed by atoms with Crippen molar-refractivity contribution in [2.24, 2.45) is 0 Å². The van der Waals surface area contributed by atoms with Gasteiger partial charge < -0.3 is 32.2 Å². The number of aliphatic hydroxyl groups excluding tert-OH is 3. The SMILES string of the molecule is C[N+](C)(C)CCO.OCCO.[Cl-]. The molecule has 0 bridgehead atoms. The molecule has 78 valence electrons. The first-order valence-electron chi connectivity index (χ1n) is 3.61. The van der Waals surface area contributed by atoms with Crippen LogP contribution in [-0.2, 0) is 0 Å². The number of hydrogen-bond donors (Lipinski definition) is 3. The summed E-state index contributed by atoms with van der Waals surface area (Å²) < 4.78 is 0.844. The zero-order valence-electron chi connectivity index (χ0n) is 8.00. The molecule has 0 aromatic rings. The third kappa shape index (κ3) is 32.1. The van der Waals surface area contributed by atoms with Crippen LogP contribution in [0.3, 0.4) is 0 Å². The lowest BCUT2D eigenvalue weighted by Gasteiger charge is -2.21. The van der Waals surface area contributed by atoms with Crippen molar-refractivity contribution in [3.05, 3.63) is 0 Å². The Balaban J connectivity index is -0.000000142. The summed E-state index contributed by atoms with van der Waals surface area (Å²) in [5.41, 5.74) is 0. The van der Waals surface area contributed by atoms with Gasteiger partial charge in [-0.05, 0) is 0 Å². The van der Waals surface area contributed by atoms with Crippen LogP contribution < -0.4 is 12.4 Å². The van der Waals surface area contributed by atoms with Crippen molar-refractivity contribution in [2.45, 2.75) is 0 Å². The Kier molecular flexibility index (Phi) is 16.7. The molecule has 0 rings (SSSR count). The molecule has 12 heavy (non-hydrogen) atoms. The van der Waals surface area contributed by atoms with Crippen molar-refractivity contribution in [3.8, 4) is 0 Å². The molecule has 0 unspecified atom stereocenters. The summed E-state index contributed by atoms with van der Waals surface area (Å²) >= 11 is 0. The maximum Gasteiger partial charge on any atom is 0.101 e. The standard InChI is InChI=1S/C5H14NO.C2H6O2.ClH/c1-6(2,3)4-5-7;3-1-2-4;/h7H,4-5H2,1-3H3;3-4H,1-2H2;1H/q+1;;/p-1. The van der Waals surface area contributed by atoms with E-state index in [4.69, 9.17) is 15.3 Å². The van der Waals surface area contributed by atoms with Gasteiger partial charge in [-0.25, -0.2) is 0 Å². The molecule has 3 N–H and O–H groups in total. The molecule has 0 spiro atoms. The van der Waals surface area contributed by atoms with Gasteiger partial charge in [-0.1, -0.05) is 0 Å². The summed E-state index contributed by atoms with van der Waals surface area (Å²) in [6.45, 7) is 0.865. The van der Waals surface area contributed by atoms with E-state index < -0.39 is 0 Å². The first kappa shape index (κ1) is 18.0. The maximum absolute atomic E-state index is 8.39. The lowest BCUT2D eigenvalue weighted by atomic mass is 10.5. The number of nitrogens with zero attached hydrogens (tertiary/aromatic N) is 1. The fourth-order valence-electron chi connectivity index (χ4n) is 0.300. The molecule has 0 saturated carbocycles. The predicted octanol–water partition coefficient (Wildman–Crippen LogP) is -4.34. The molecule has 0 fully saturated rings. The van der Waals surface area contributed by atoms with Gasteiger partial charge in [-0.15, -0.1) is 0 Å². The van der Waals surface area contributed by atoms with Crippen LogP contribution in [0.5, 0.6) is 0 Å². The van der Waals surface area contributed by atoms with Gasteiger partial charge in [0, 0.05) is 0 Å². The summed E-state index contributed by atoms with van der Waals surface area (Å²) in [4.78, 5) is 0. The molecule has 0 aliphatic heterocycles. The van der Waals surface area contributed by atoms with Crippen LogP contribution in [0.2, 0.25) is 0 Å². The average molecular weight is 202 g/mol. The first-order valence-corrected chi connectivity index (χ1v) is 3.61. The van der Waals surface area contributed by atoms with E-state index in [1.165, 1.54) is 0 Å². The molecule has 0 saturated heterocycles. The van der Waals surface area contributed by atoms with Crippen molar-refractivity contribution in [1.82, 2.24) is 0 Å². The van der Waals surface area contributed by atoms with Crippen molar-refractivity contribution in [1.29, 1.82) is 0 Å². The van der Waals surface area contributed by atoms with E-state index in [0.29, 0.717) is 0 Å². The second-order valence-corrected chi connectivity index (χ2v) is 3.18. The van der Waals surface area contributed by atoms with E-state index in [9.17, 15) is 0 Å². The van der Waals surface area contributed by atoms with Gasteiger partial charge in [-0.2, -0.15) is 0 Å². The van der Waals surface area contributed by atoms with Gasteiger partial charge in [-0.3, -0.25) is 0 Å². The van der Waals surface area contributed by atoms with E-state index in [-0.39, 0.29) is 32.2 Å². The van der Waals surface area contributed by atoms with Gasteiger partial charge in [0.05, 0.1) is 41.0 Å². The molecular formula is C7H20ClNO3. The number of halogens is 1. The number of rotatable bonds is 3. The molecule has 4 nitrogen and oxygen atoms in total. The second-order valence-electron chi connectivity index (χ2n) is 3.18. The minimum absolute atomic E-state index is 0. The normalized spacial score (nSPS) is 9.50. The maximum atomic E-state index is 8.39. The summed E-state index contributed by atoms with van der Waals surface area (Å²) in [5, 5.41) is 23.6. The zero-order chi connectivity index (χ0) is 9.33. The Morgan fingerprint density at radius 2 is 1.17 bits per heavy atom. The van der Waals surface area contributed by atoms with Crippen LogP contribution in [0.4, 0.5) is 0 Å². The van der Waals surface area contributed by atoms with Crippen LogP contribution in [0, 0.1) is 0 Å². The lowest BCUT2D eigenvalue weighted by Crippen LogP contribution is -3.00. The highest BCUT2D eigenvalue weighted by Gasteiger charge is 2.02. The highest BCUT2D eigenvalue weighted by molar-refractivity contribution is 4.19. The minimum Gasteiger partial charge on any atom is -1.00 e. The quantitative estimate of drug-likeness (QED) is 0.405. The Morgan fingerprint density at radius 3 is 1.17 bits per heavy atom. The van der Waals surface area contributed by atoms with E-state index in [2.05, 4.69) is 21.1 Å². The van der Waals surface area contributed by atoms with Crippen molar-refractivity contribution >= 4 is 0 Å². The van der Waals surface area contributed by atoms with Gasteiger partial charge in [0.2, 0.25) is 0 Å². The summed E-state index contributed by atoms with van der Waals surface area (Å²) in [6, 6.07) is 0. The molecule has 0 aliphatic rings. The smallest absolute Gasteiger partial charge is 0.101 e. The summed E-state index contributed by atoms with van der Waals surface area (Å²) in [5.74, 6) is 0. The van der Waals surface area contributed by atoms with Gasteiger partial charge in [0.25, 0.3) is 0 Å². The molecule has 0 aromatic heterocycles. The third-order valence-corrected chi connectivity index (χ3v) is 0.871. The minimum atomic E-state index is -0.125. The number of quaternary nitrogens is 1. The van der Waals surface area contributed by atoms with Gasteiger partial charge in [0.1, 0.15) is 6.54 Å². The summed E-state index contributed by atoms with van der Waals surface area (Å²) in [6.07, 6.45) is 0. The fraction of sp³-hybridized carbons (Fsp3) is 1.00. The van der Waals surface area contributed by atoms with E-state index >= 15 is 0 Å². The molecule has 0 heterocycles. The number of hydrogen-bond acceptors (Lipinski definition) is 3. The molecule has 0 amide bonds. The van der Waals surface area contributed by atoms with Gasteiger partial charge >= 0.3 is 0 Å². The second kappa shape index (κ2) is 11.1. The Labute approximate surface area is 80.4 Å². The van der Waals surface area contributed by atoms with E-state index in [1.807, 2.05) is 0 Å². The molecule has 0 aliphatic carbocycles. The molecule has 0 radical (unpaired) electrons. The topological polar surface area (TPSA) is 60.7 Å². The summed E-state index contributed by atoms with van der Waals surface area (Å²) in [7, 11) is 6.16. The van der Waals surface area contributed by atoms with Crippen LogP contribution in [0.1, 0.15) is 0 Å². The van der Waals surface area contributed by atoms with Crippen LogP contribution in [-0.4, -0.2) is 67.3 Å². The van der Waals surface area contributed by atoms with Crippen LogP contribution in [0.15, 0.2) is 0 Å². The van der Waals surface area contributed by atoms with Crippen molar-refractivity contribution in [2.75, 3.05) is 47.5 Å². The number of aliphatic hydroxyl groups is 3. The van der Waals surface area contributed by atoms with E-state index in [0.717, 1.165) is 11.0 Å². The van der Waals surface area contributed by atoms with Crippen molar-refractivity contribution < 1.29 is 32.2 Å². The van der Waals surface area contributed by atoms with Crippen molar-refractivity contribution in [3.63, 3.8) is 0 Å². The Bertz CT molecular complexity index is 73.5. The van der Waals surface area contributed by atoms with E-state index in [1.54, 1.807) is 0 Å². The molecular weight excluding hydrogens is 182 g/mol. The van der Waals surface area contributed by atoms with Crippen LogP contribution >= 0.6 is 0 Å². The fourth-order valence-corrected chi connectivity index (χ4v) is 0.300. The highest BCUT2D eigenvalue weighted by atomic mass is 35.5. The predicted molar refractivity (Wildman–Crippen MR) is 44.2 cm³/mol. The zero-order valence-corrected chi connectivity index (χ0v) is 8.75. The molecule has 0 atom stereocenters. The average Bonchev–Trinajstić information content (AvgIpc) is 1.86. The molecule has 5 heteroatoms. The molecule has 0 aromatic carbocycles. The highest BCUT2D eigenvalue weighted by Crippen LogP contribution is 1.84. The van der Waals surface area contributed by atoms with Gasteiger partial charge in [0.15, 0.2) is 0 Å².